The van der Waals surface area contributed by atoms with E-state index in [-0.39, 0.29) is 12.0 Å². The van der Waals surface area contributed by atoms with Crippen LogP contribution in [0.1, 0.15) is 48.5 Å². The van der Waals surface area contributed by atoms with Crippen LogP contribution in [0, 0.1) is 0 Å². The molecule has 1 saturated heterocycles. The van der Waals surface area contributed by atoms with Crippen LogP contribution in [0.5, 0.6) is 0 Å². The van der Waals surface area contributed by atoms with E-state index in [0.717, 1.165) is 25.1 Å². The first-order valence-electron chi connectivity index (χ1n) is 9.51. The molecule has 2 aromatic carbocycles. The van der Waals surface area contributed by atoms with Gasteiger partial charge in [0.25, 0.3) is 5.91 Å². The number of aliphatic imine (C=N–C) groups is 1. The van der Waals surface area contributed by atoms with E-state index in [4.69, 9.17) is 4.74 Å². The molecule has 0 saturated carbocycles. The Morgan fingerprint density at radius 1 is 1.19 bits per heavy atom. The van der Waals surface area contributed by atoms with E-state index in [2.05, 4.69) is 41.6 Å². The monoisotopic (exact) mass is 365 g/mol. The van der Waals surface area contributed by atoms with Gasteiger partial charge >= 0.3 is 0 Å². The molecule has 142 valence electrons. The molecule has 1 fully saturated rings. The molecule has 0 unspecified atom stereocenters. The van der Waals surface area contributed by atoms with E-state index in [1.165, 1.54) is 5.56 Å². The second kappa shape index (κ2) is 9.33. The second-order valence-corrected chi connectivity index (χ2v) is 7.05. The Kier molecular flexibility index (Phi) is 6.60. The molecule has 0 aromatic heterocycles. The molecular weight excluding hydrogens is 338 g/mol. The topological polar surface area (TPSA) is 62.7 Å². The maximum absolute atomic E-state index is 12.6. The van der Waals surface area contributed by atoms with Crippen LogP contribution < -0.4 is 10.6 Å². The normalized spacial score (nSPS) is 17.1. The zero-order valence-corrected chi connectivity index (χ0v) is 15.9. The Bertz CT molecular complexity index is 781. The van der Waals surface area contributed by atoms with Crippen LogP contribution in [0.15, 0.2) is 59.6 Å². The number of hydrogen-bond donors (Lipinski definition) is 2. The zero-order chi connectivity index (χ0) is 19.1. The van der Waals surface area contributed by atoms with Gasteiger partial charge in [0, 0.05) is 17.9 Å². The SMILES string of the molecule is CC(C)c1cccc(NC(=NC[C@@H]2CCCO2)NC(=O)c2ccccc2)c1. The predicted molar refractivity (Wildman–Crippen MR) is 109 cm³/mol. The number of benzene rings is 2. The fourth-order valence-electron chi connectivity index (χ4n) is 2.97. The summed E-state index contributed by atoms with van der Waals surface area (Å²) in [5.74, 6) is 0.687. The molecule has 1 aliphatic rings. The maximum Gasteiger partial charge on any atom is 0.257 e. The summed E-state index contributed by atoms with van der Waals surface area (Å²) in [4.78, 5) is 17.1. The van der Waals surface area contributed by atoms with Gasteiger partial charge in [-0.25, -0.2) is 4.99 Å². The summed E-state index contributed by atoms with van der Waals surface area (Å²) in [6.45, 7) is 5.63. The van der Waals surface area contributed by atoms with Crippen molar-refractivity contribution in [1.82, 2.24) is 5.32 Å². The predicted octanol–water partition coefficient (Wildman–Crippen LogP) is 4.19. The molecule has 27 heavy (non-hydrogen) atoms. The third-order valence-electron chi connectivity index (χ3n) is 4.56. The van der Waals surface area contributed by atoms with Crippen LogP contribution in [-0.2, 0) is 4.74 Å². The second-order valence-electron chi connectivity index (χ2n) is 7.05. The minimum Gasteiger partial charge on any atom is -0.376 e. The van der Waals surface area contributed by atoms with Crippen molar-refractivity contribution in [3.05, 3.63) is 65.7 Å². The highest BCUT2D eigenvalue weighted by molar-refractivity contribution is 6.09. The summed E-state index contributed by atoms with van der Waals surface area (Å²) in [5, 5.41) is 6.16. The standard InChI is InChI=1S/C22H27N3O2/c1-16(2)18-10-6-11-19(14-18)24-22(23-15-20-12-7-13-27-20)25-21(26)17-8-4-3-5-9-17/h3-6,8-11,14,16,20H,7,12-13,15H2,1-2H3,(H2,23,24,25,26)/t20-/m0/s1. The lowest BCUT2D eigenvalue weighted by Crippen LogP contribution is -2.36. The molecule has 2 aromatic rings. The van der Waals surface area contributed by atoms with Crippen LogP contribution >= 0.6 is 0 Å². The number of amides is 1. The molecular formula is C22H27N3O2. The van der Waals surface area contributed by atoms with E-state index in [0.29, 0.717) is 24.0 Å². The van der Waals surface area contributed by atoms with E-state index < -0.39 is 0 Å². The van der Waals surface area contributed by atoms with Crippen LogP contribution in [0.2, 0.25) is 0 Å². The Morgan fingerprint density at radius 3 is 2.70 bits per heavy atom. The van der Waals surface area contributed by atoms with Crippen molar-refractivity contribution in [2.75, 3.05) is 18.5 Å². The van der Waals surface area contributed by atoms with Crippen molar-refractivity contribution in [3.8, 4) is 0 Å². The minimum absolute atomic E-state index is 0.123. The summed E-state index contributed by atoms with van der Waals surface area (Å²) >= 11 is 0. The number of anilines is 1. The maximum atomic E-state index is 12.6. The van der Waals surface area contributed by atoms with Crippen molar-refractivity contribution < 1.29 is 9.53 Å². The van der Waals surface area contributed by atoms with Crippen molar-refractivity contribution in [3.63, 3.8) is 0 Å². The van der Waals surface area contributed by atoms with Crippen molar-refractivity contribution >= 4 is 17.6 Å². The number of ether oxygens (including phenoxy) is 1. The number of rotatable bonds is 5. The lowest BCUT2D eigenvalue weighted by molar-refractivity contribution is 0.0975. The first-order chi connectivity index (χ1) is 13.1. The largest absolute Gasteiger partial charge is 0.376 e. The van der Waals surface area contributed by atoms with E-state index in [1.54, 1.807) is 12.1 Å². The van der Waals surface area contributed by atoms with E-state index >= 15 is 0 Å². The summed E-state index contributed by atoms with van der Waals surface area (Å²) < 4.78 is 5.65. The van der Waals surface area contributed by atoms with Gasteiger partial charge in [0.1, 0.15) is 0 Å². The Labute approximate surface area is 160 Å². The summed E-state index contributed by atoms with van der Waals surface area (Å²) in [5.41, 5.74) is 2.73. The smallest absolute Gasteiger partial charge is 0.257 e. The first kappa shape index (κ1) is 19.1. The quantitative estimate of drug-likeness (QED) is 0.617. The molecule has 1 heterocycles. The highest BCUT2D eigenvalue weighted by Crippen LogP contribution is 2.18. The van der Waals surface area contributed by atoms with Crippen LogP contribution in [0.3, 0.4) is 0 Å². The van der Waals surface area contributed by atoms with Gasteiger partial charge in [-0.1, -0.05) is 44.2 Å². The molecule has 0 bridgehead atoms. The molecule has 2 N–H and O–H groups in total. The molecule has 1 amide bonds. The lowest BCUT2D eigenvalue weighted by atomic mass is 10.0. The van der Waals surface area contributed by atoms with Gasteiger partial charge in [0.2, 0.25) is 5.96 Å². The molecule has 3 rings (SSSR count). The van der Waals surface area contributed by atoms with Crippen molar-refractivity contribution in [1.29, 1.82) is 0 Å². The summed E-state index contributed by atoms with van der Waals surface area (Å²) in [6, 6.07) is 17.3. The van der Waals surface area contributed by atoms with Gasteiger partial charge in [-0.2, -0.15) is 0 Å². The Morgan fingerprint density at radius 2 is 2.00 bits per heavy atom. The minimum atomic E-state index is -0.186. The van der Waals surface area contributed by atoms with Crippen LogP contribution in [0.25, 0.3) is 0 Å². The molecule has 5 heteroatoms. The number of hydrogen-bond acceptors (Lipinski definition) is 3. The lowest BCUT2D eigenvalue weighted by Gasteiger charge is -2.15. The third-order valence-corrected chi connectivity index (χ3v) is 4.56. The van der Waals surface area contributed by atoms with E-state index in [1.807, 2.05) is 30.3 Å². The third kappa shape index (κ3) is 5.66. The first-order valence-corrected chi connectivity index (χ1v) is 9.51. The van der Waals surface area contributed by atoms with Gasteiger partial charge < -0.3 is 10.1 Å². The number of carbonyl (C=O) groups is 1. The number of nitrogens with zero attached hydrogens (tertiary/aromatic N) is 1. The summed E-state index contributed by atoms with van der Waals surface area (Å²) in [7, 11) is 0. The van der Waals surface area contributed by atoms with Gasteiger partial charge in [-0.15, -0.1) is 0 Å². The van der Waals surface area contributed by atoms with Crippen LogP contribution in [-0.4, -0.2) is 31.1 Å². The molecule has 0 radical (unpaired) electrons. The Balaban J connectivity index is 1.75. The number of guanidine groups is 1. The molecule has 0 aliphatic carbocycles. The van der Waals surface area contributed by atoms with Gasteiger partial charge in [0.05, 0.1) is 12.6 Å². The molecule has 5 nitrogen and oxygen atoms in total. The molecule has 1 aliphatic heterocycles. The highest BCUT2D eigenvalue weighted by Gasteiger charge is 2.16. The van der Waals surface area contributed by atoms with Gasteiger partial charge in [-0.3, -0.25) is 10.1 Å². The van der Waals surface area contributed by atoms with E-state index in [9.17, 15) is 4.79 Å². The number of nitrogens with one attached hydrogen (secondary N) is 2. The summed E-state index contributed by atoms with van der Waals surface area (Å²) in [6.07, 6.45) is 2.19. The molecule has 1 atom stereocenters. The van der Waals surface area contributed by atoms with Gasteiger partial charge in [-0.05, 0) is 48.6 Å². The molecule has 0 spiro atoms. The van der Waals surface area contributed by atoms with Crippen LogP contribution in [0.4, 0.5) is 5.69 Å². The average molecular weight is 365 g/mol. The van der Waals surface area contributed by atoms with Gasteiger partial charge in [0.15, 0.2) is 0 Å². The fourth-order valence-corrected chi connectivity index (χ4v) is 2.97. The Hall–Kier alpha value is -2.66. The van der Waals surface area contributed by atoms with Crippen molar-refractivity contribution in [2.45, 2.75) is 38.7 Å². The highest BCUT2D eigenvalue weighted by atomic mass is 16.5. The zero-order valence-electron chi connectivity index (χ0n) is 15.9. The average Bonchev–Trinajstić information content (AvgIpc) is 3.20. The van der Waals surface area contributed by atoms with Crippen molar-refractivity contribution in [2.24, 2.45) is 4.99 Å². The fraction of sp³-hybridized carbons (Fsp3) is 0.364. The number of carbonyl (C=O) groups excluding carboxylic acids is 1.